The van der Waals surface area contributed by atoms with Crippen LogP contribution in [0.2, 0.25) is 0 Å². The van der Waals surface area contributed by atoms with Crippen LogP contribution < -0.4 is 10.6 Å². The Morgan fingerprint density at radius 1 is 1.10 bits per heavy atom. The molecule has 2 N–H and O–H groups in total. The zero-order valence-corrected chi connectivity index (χ0v) is 12.9. The third kappa shape index (κ3) is 3.01. The van der Waals surface area contributed by atoms with E-state index in [2.05, 4.69) is 29.5 Å². The van der Waals surface area contributed by atoms with E-state index in [4.69, 9.17) is 0 Å². The van der Waals surface area contributed by atoms with Gasteiger partial charge in [0.2, 0.25) is 5.91 Å². The van der Waals surface area contributed by atoms with Gasteiger partial charge in [-0.3, -0.25) is 4.79 Å². The number of amides is 1. The fourth-order valence-corrected chi connectivity index (χ4v) is 4.38. The summed E-state index contributed by atoms with van der Waals surface area (Å²) >= 11 is 0. The number of carbonyl (C=O) groups is 1. The van der Waals surface area contributed by atoms with Crippen molar-refractivity contribution >= 4 is 5.91 Å². The van der Waals surface area contributed by atoms with Crippen molar-refractivity contribution in [2.75, 3.05) is 7.05 Å². The molecule has 1 amide bonds. The molecule has 0 aromatic carbocycles. The molecule has 0 aromatic rings. The quantitative estimate of drug-likeness (QED) is 0.808. The van der Waals surface area contributed by atoms with E-state index in [9.17, 15) is 4.79 Å². The van der Waals surface area contributed by atoms with Gasteiger partial charge < -0.3 is 15.5 Å². The number of nitrogens with one attached hydrogen (secondary N) is 2. The fourth-order valence-electron chi connectivity index (χ4n) is 4.38. The van der Waals surface area contributed by atoms with Crippen LogP contribution in [-0.2, 0) is 4.79 Å². The second-order valence-electron chi connectivity index (χ2n) is 7.13. The molecule has 2 bridgehead atoms. The summed E-state index contributed by atoms with van der Waals surface area (Å²) in [5.41, 5.74) is 0. The summed E-state index contributed by atoms with van der Waals surface area (Å²) in [6.45, 7) is 2.18. The van der Waals surface area contributed by atoms with Crippen molar-refractivity contribution in [3.63, 3.8) is 0 Å². The van der Waals surface area contributed by atoms with Gasteiger partial charge in [0.05, 0.1) is 6.04 Å². The van der Waals surface area contributed by atoms with E-state index in [1.54, 1.807) is 0 Å². The number of hydrogen-bond donors (Lipinski definition) is 2. The zero-order chi connectivity index (χ0) is 14.1. The largest absolute Gasteiger partial charge is 0.352 e. The van der Waals surface area contributed by atoms with E-state index in [1.165, 1.54) is 32.1 Å². The monoisotopic (exact) mass is 279 g/mol. The summed E-state index contributed by atoms with van der Waals surface area (Å²) < 4.78 is 0. The zero-order valence-electron chi connectivity index (χ0n) is 12.9. The molecule has 20 heavy (non-hydrogen) atoms. The SMILES string of the molecule is CC1CCCC(C(=O)NC2CC3CCCC(C2)N3C)N1. The highest BCUT2D eigenvalue weighted by Gasteiger charge is 2.37. The first-order valence-corrected chi connectivity index (χ1v) is 8.42. The molecule has 0 aromatic heterocycles. The van der Waals surface area contributed by atoms with Crippen molar-refractivity contribution < 1.29 is 4.79 Å². The van der Waals surface area contributed by atoms with Gasteiger partial charge in [-0.15, -0.1) is 0 Å². The molecule has 0 aliphatic carbocycles. The van der Waals surface area contributed by atoms with Crippen LogP contribution in [0.15, 0.2) is 0 Å². The first-order valence-electron chi connectivity index (χ1n) is 8.42. The number of carbonyl (C=O) groups excluding carboxylic acids is 1. The molecular weight excluding hydrogens is 250 g/mol. The number of rotatable bonds is 2. The third-order valence-electron chi connectivity index (χ3n) is 5.62. The average Bonchev–Trinajstić information content (AvgIpc) is 2.40. The van der Waals surface area contributed by atoms with Gasteiger partial charge >= 0.3 is 0 Å². The minimum Gasteiger partial charge on any atom is -0.352 e. The lowest BCUT2D eigenvalue weighted by atomic mass is 9.82. The lowest BCUT2D eigenvalue weighted by molar-refractivity contribution is -0.125. The normalized spacial score (nSPS) is 42.2. The fraction of sp³-hybridized carbons (Fsp3) is 0.938. The predicted octanol–water partition coefficient (Wildman–Crippen LogP) is 1.65. The Kier molecular flexibility index (Phi) is 4.32. The van der Waals surface area contributed by atoms with Crippen molar-refractivity contribution in [1.82, 2.24) is 15.5 Å². The Balaban J connectivity index is 1.54. The highest BCUT2D eigenvalue weighted by Crippen LogP contribution is 2.32. The maximum absolute atomic E-state index is 12.4. The summed E-state index contributed by atoms with van der Waals surface area (Å²) in [5, 5.41) is 6.77. The van der Waals surface area contributed by atoms with E-state index >= 15 is 0 Å². The molecule has 3 heterocycles. The van der Waals surface area contributed by atoms with Gasteiger partial charge in [0.1, 0.15) is 0 Å². The smallest absolute Gasteiger partial charge is 0.237 e. The molecular formula is C16H29N3O. The number of piperidine rings is 3. The first kappa shape index (κ1) is 14.3. The molecule has 0 saturated carbocycles. The number of hydrogen-bond acceptors (Lipinski definition) is 3. The first-order chi connectivity index (χ1) is 9.63. The minimum atomic E-state index is 0.0400. The van der Waals surface area contributed by atoms with Crippen molar-refractivity contribution in [2.24, 2.45) is 0 Å². The van der Waals surface area contributed by atoms with Crippen molar-refractivity contribution in [2.45, 2.75) is 88.5 Å². The molecule has 4 atom stereocenters. The van der Waals surface area contributed by atoms with E-state index in [0.29, 0.717) is 24.2 Å². The summed E-state index contributed by atoms with van der Waals surface area (Å²) in [6.07, 6.45) is 9.61. The van der Waals surface area contributed by atoms with Crippen LogP contribution in [0.25, 0.3) is 0 Å². The Bertz CT molecular complexity index is 346. The maximum atomic E-state index is 12.4. The average molecular weight is 279 g/mol. The molecule has 3 saturated heterocycles. The molecule has 4 heteroatoms. The molecule has 4 nitrogen and oxygen atoms in total. The topological polar surface area (TPSA) is 44.4 Å². The van der Waals surface area contributed by atoms with Crippen LogP contribution in [0.3, 0.4) is 0 Å². The van der Waals surface area contributed by atoms with Crippen LogP contribution in [-0.4, -0.2) is 48.1 Å². The molecule has 114 valence electrons. The number of fused-ring (bicyclic) bond motifs is 2. The van der Waals surface area contributed by atoms with Crippen LogP contribution in [0.5, 0.6) is 0 Å². The van der Waals surface area contributed by atoms with E-state index in [0.717, 1.165) is 19.3 Å². The Labute approximate surface area is 122 Å². The van der Waals surface area contributed by atoms with Crippen LogP contribution in [0.1, 0.15) is 58.3 Å². The third-order valence-corrected chi connectivity index (χ3v) is 5.62. The van der Waals surface area contributed by atoms with Gasteiger partial charge in [-0.05, 0) is 58.9 Å². The molecule has 3 fully saturated rings. The molecule has 3 aliphatic rings. The predicted molar refractivity (Wildman–Crippen MR) is 80.6 cm³/mol. The van der Waals surface area contributed by atoms with Crippen LogP contribution >= 0.6 is 0 Å². The second-order valence-corrected chi connectivity index (χ2v) is 7.13. The van der Waals surface area contributed by atoms with Gasteiger partial charge in [0.15, 0.2) is 0 Å². The Morgan fingerprint density at radius 3 is 2.40 bits per heavy atom. The second kappa shape index (κ2) is 6.02. The molecule has 3 aliphatic heterocycles. The van der Waals surface area contributed by atoms with Gasteiger partial charge in [-0.2, -0.15) is 0 Å². The molecule has 3 rings (SSSR count). The van der Waals surface area contributed by atoms with Crippen molar-refractivity contribution in [3.05, 3.63) is 0 Å². The van der Waals surface area contributed by atoms with Crippen molar-refractivity contribution in [3.8, 4) is 0 Å². The summed E-state index contributed by atoms with van der Waals surface area (Å²) in [6, 6.07) is 2.29. The molecule has 4 unspecified atom stereocenters. The number of nitrogens with zero attached hydrogens (tertiary/aromatic N) is 1. The van der Waals surface area contributed by atoms with E-state index < -0.39 is 0 Å². The molecule has 0 radical (unpaired) electrons. The highest BCUT2D eigenvalue weighted by atomic mass is 16.2. The van der Waals surface area contributed by atoms with E-state index in [-0.39, 0.29) is 11.9 Å². The Morgan fingerprint density at radius 2 is 1.75 bits per heavy atom. The summed E-state index contributed by atoms with van der Waals surface area (Å²) in [5.74, 6) is 0.240. The maximum Gasteiger partial charge on any atom is 0.237 e. The van der Waals surface area contributed by atoms with Gasteiger partial charge in [0, 0.05) is 24.2 Å². The Hall–Kier alpha value is -0.610. The van der Waals surface area contributed by atoms with Crippen molar-refractivity contribution in [1.29, 1.82) is 0 Å². The summed E-state index contributed by atoms with van der Waals surface area (Å²) in [7, 11) is 2.26. The lowest BCUT2D eigenvalue weighted by Crippen LogP contribution is -2.58. The summed E-state index contributed by atoms with van der Waals surface area (Å²) in [4.78, 5) is 15.0. The lowest BCUT2D eigenvalue weighted by Gasteiger charge is -2.47. The van der Waals surface area contributed by atoms with E-state index in [1.807, 2.05) is 0 Å². The van der Waals surface area contributed by atoms with Gasteiger partial charge in [-0.25, -0.2) is 0 Å². The minimum absolute atomic E-state index is 0.0400. The van der Waals surface area contributed by atoms with Crippen LogP contribution in [0.4, 0.5) is 0 Å². The van der Waals surface area contributed by atoms with Gasteiger partial charge in [0.25, 0.3) is 0 Å². The highest BCUT2D eigenvalue weighted by molar-refractivity contribution is 5.82. The van der Waals surface area contributed by atoms with Gasteiger partial charge in [-0.1, -0.05) is 6.42 Å². The standard InChI is InChI=1S/C16H29N3O/c1-11-5-3-8-15(17-11)16(20)18-12-9-13-6-4-7-14(10-12)19(13)2/h11-15,17H,3-10H2,1-2H3,(H,18,20). The van der Waals surface area contributed by atoms with Crippen LogP contribution in [0, 0.1) is 0 Å². The molecule has 0 spiro atoms.